The number of hydrogen-bond acceptors (Lipinski definition) is 2. The number of carboxylic acid groups (broad SMARTS) is 1. The summed E-state index contributed by atoms with van der Waals surface area (Å²) >= 11 is 5.84. The van der Waals surface area contributed by atoms with Crippen molar-refractivity contribution in [2.24, 2.45) is 0 Å². The van der Waals surface area contributed by atoms with E-state index in [1.165, 1.54) is 0 Å². The van der Waals surface area contributed by atoms with Crippen LogP contribution < -0.4 is 0 Å². The molecule has 2 rings (SSSR count). The Bertz CT molecular complexity index is 533. The molecule has 0 aliphatic rings. The zero-order chi connectivity index (χ0) is 11.0. The molecule has 0 aromatic carbocycles. The van der Waals surface area contributed by atoms with Crippen molar-refractivity contribution in [3.63, 3.8) is 0 Å². The largest absolute Gasteiger partial charge is 0.481 e. The Morgan fingerprint density at radius 3 is 3.00 bits per heavy atom. The number of rotatable bonds is 2. The maximum Gasteiger partial charge on any atom is 0.309 e. The van der Waals surface area contributed by atoms with Crippen LogP contribution in [0.3, 0.4) is 0 Å². The highest BCUT2D eigenvalue weighted by atomic mass is 35.5. The molecule has 0 aliphatic carbocycles. The summed E-state index contributed by atoms with van der Waals surface area (Å²) in [5.74, 6) is -0.882. The summed E-state index contributed by atoms with van der Waals surface area (Å²) in [7, 11) is 0. The van der Waals surface area contributed by atoms with E-state index >= 15 is 0 Å². The zero-order valence-corrected chi connectivity index (χ0v) is 8.82. The monoisotopic (exact) mass is 224 g/mol. The van der Waals surface area contributed by atoms with E-state index in [4.69, 9.17) is 16.7 Å². The molecule has 2 aromatic rings. The van der Waals surface area contributed by atoms with E-state index in [0.29, 0.717) is 16.4 Å². The Hall–Kier alpha value is -1.55. The lowest BCUT2D eigenvalue weighted by atomic mass is 10.2. The van der Waals surface area contributed by atoms with Crippen molar-refractivity contribution in [2.45, 2.75) is 13.3 Å². The first-order chi connectivity index (χ1) is 7.08. The molecule has 4 nitrogen and oxygen atoms in total. The molecule has 0 spiro atoms. The number of fused-ring (bicyclic) bond motifs is 1. The summed E-state index contributed by atoms with van der Waals surface area (Å²) < 4.78 is 1.79. The number of hydrogen-bond donors (Lipinski definition) is 1. The molecular weight excluding hydrogens is 216 g/mol. The van der Waals surface area contributed by atoms with Crippen molar-refractivity contribution in [2.75, 3.05) is 0 Å². The standard InChI is InChI=1S/C10H9ClN2O2/c1-6-8(4-10(14)15)12-9-3-2-7(11)5-13(6)9/h2-3,5H,4H2,1H3,(H,14,15). The van der Waals surface area contributed by atoms with E-state index in [0.717, 1.165) is 5.69 Å². The van der Waals surface area contributed by atoms with Crippen LogP contribution in [0.1, 0.15) is 11.4 Å². The Kier molecular flexibility index (Phi) is 2.36. The predicted octanol–water partition coefficient (Wildman–Crippen LogP) is 1.92. The topological polar surface area (TPSA) is 54.6 Å². The normalized spacial score (nSPS) is 10.8. The van der Waals surface area contributed by atoms with Gasteiger partial charge in [-0.1, -0.05) is 11.6 Å². The van der Waals surface area contributed by atoms with E-state index in [-0.39, 0.29) is 6.42 Å². The van der Waals surface area contributed by atoms with Crippen molar-refractivity contribution in [1.29, 1.82) is 0 Å². The van der Waals surface area contributed by atoms with Crippen molar-refractivity contribution in [1.82, 2.24) is 9.38 Å². The van der Waals surface area contributed by atoms with Crippen LogP contribution in [0.25, 0.3) is 5.65 Å². The first kappa shape index (κ1) is 9.98. The molecule has 0 atom stereocenters. The maximum absolute atomic E-state index is 10.6. The lowest BCUT2D eigenvalue weighted by Gasteiger charge is -1.96. The average molecular weight is 225 g/mol. The lowest BCUT2D eigenvalue weighted by Crippen LogP contribution is -2.02. The molecule has 5 heteroatoms. The van der Waals surface area contributed by atoms with Gasteiger partial charge in [-0.25, -0.2) is 4.98 Å². The van der Waals surface area contributed by atoms with E-state index < -0.39 is 5.97 Å². The summed E-state index contributed by atoms with van der Waals surface area (Å²) in [5.41, 5.74) is 2.10. The second-order valence-electron chi connectivity index (χ2n) is 3.29. The van der Waals surface area contributed by atoms with Crippen LogP contribution in [-0.2, 0) is 11.2 Å². The van der Waals surface area contributed by atoms with Crippen LogP contribution in [0, 0.1) is 6.92 Å². The van der Waals surface area contributed by atoms with Crippen LogP contribution in [0.4, 0.5) is 0 Å². The zero-order valence-electron chi connectivity index (χ0n) is 8.07. The molecule has 0 amide bonds. The van der Waals surface area contributed by atoms with Gasteiger partial charge in [0.2, 0.25) is 0 Å². The Labute approximate surface area is 91.1 Å². The summed E-state index contributed by atoms with van der Waals surface area (Å²) in [6, 6.07) is 3.49. The third-order valence-corrected chi connectivity index (χ3v) is 2.46. The van der Waals surface area contributed by atoms with Crippen LogP contribution in [-0.4, -0.2) is 20.5 Å². The van der Waals surface area contributed by atoms with Gasteiger partial charge in [0.25, 0.3) is 0 Å². The minimum Gasteiger partial charge on any atom is -0.481 e. The number of aryl methyl sites for hydroxylation is 1. The highest BCUT2D eigenvalue weighted by molar-refractivity contribution is 6.30. The van der Waals surface area contributed by atoms with Gasteiger partial charge >= 0.3 is 5.97 Å². The number of halogens is 1. The number of carbonyl (C=O) groups is 1. The van der Waals surface area contributed by atoms with Gasteiger partial charge in [-0.15, -0.1) is 0 Å². The minimum atomic E-state index is -0.882. The molecule has 2 heterocycles. The molecule has 15 heavy (non-hydrogen) atoms. The van der Waals surface area contributed by atoms with Gasteiger partial charge in [0, 0.05) is 11.9 Å². The first-order valence-electron chi connectivity index (χ1n) is 4.43. The SMILES string of the molecule is Cc1c(CC(=O)O)nc2ccc(Cl)cn12. The molecular formula is C10H9ClN2O2. The molecule has 0 bridgehead atoms. The van der Waals surface area contributed by atoms with E-state index in [1.54, 1.807) is 22.7 Å². The number of aliphatic carboxylic acids is 1. The molecule has 0 radical (unpaired) electrons. The highest BCUT2D eigenvalue weighted by Gasteiger charge is 2.11. The number of nitrogens with zero attached hydrogens (tertiary/aromatic N) is 2. The van der Waals surface area contributed by atoms with Crippen LogP contribution in [0.5, 0.6) is 0 Å². The number of aromatic nitrogens is 2. The van der Waals surface area contributed by atoms with Crippen LogP contribution >= 0.6 is 11.6 Å². The number of imidazole rings is 1. The molecule has 0 fully saturated rings. The third-order valence-electron chi connectivity index (χ3n) is 2.24. The Morgan fingerprint density at radius 2 is 2.33 bits per heavy atom. The molecule has 2 aromatic heterocycles. The van der Waals surface area contributed by atoms with E-state index in [9.17, 15) is 4.79 Å². The molecule has 0 saturated carbocycles. The fourth-order valence-electron chi connectivity index (χ4n) is 1.50. The third kappa shape index (κ3) is 1.80. The number of pyridine rings is 1. The average Bonchev–Trinajstić information content (AvgIpc) is 2.44. The summed E-state index contributed by atoms with van der Waals surface area (Å²) in [5, 5.41) is 9.30. The van der Waals surface area contributed by atoms with Gasteiger partial charge in [-0.3, -0.25) is 4.79 Å². The van der Waals surface area contributed by atoms with Crippen molar-refractivity contribution >= 4 is 23.2 Å². The molecule has 0 aliphatic heterocycles. The quantitative estimate of drug-likeness (QED) is 0.848. The summed E-state index contributed by atoms with van der Waals surface area (Å²) in [4.78, 5) is 14.8. The van der Waals surface area contributed by atoms with E-state index in [2.05, 4.69) is 4.98 Å². The minimum absolute atomic E-state index is 0.0644. The lowest BCUT2D eigenvalue weighted by molar-refractivity contribution is -0.136. The van der Waals surface area contributed by atoms with Crippen molar-refractivity contribution in [3.8, 4) is 0 Å². The van der Waals surface area contributed by atoms with Gasteiger partial charge < -0.3 is 9.51 Å². The second-order valence-corrected chi connectivity index (χ2v) is 3.73. The fourth-order valence-corrected chi connectivity index (χ4v) is 1.66. The number of carboxylic acids is 1. The molecule has 1 N–H and O–H groups in total. The summed E-state index contributed by atoms with van der Waals surface area (Å²) in [6.45, 7) is 1.83. The van der Waals surface area contributed by atoms with Crippen molar-refractivity contribution < 1.29 is 9.90 Å². The predicted molar refractivity (Wildman–Crippen MR) is 56.3 cm³/mol. The van der Waals surface area contributed by atoms with Crippen LogP contribution in [0.2, 0.25) is 5.02 Å². The first-order valence-corrected chi connectivity index (χ1v) is 4.80. The fraction of sp³-hybridized carbons (Fsp3) is 0.200. The Morgan fingerprint density at radius 1 is 1.60 bits per heavy atom. The van der Waals surface area contributed by atoms with Crippen LogP contribution in [0.15, 0.2) is 18.3 Å². The van der Waals surface area contributed by atoms with Gasteiger partial charge in [0.15, 0.2) is 0 Å². The van der Waals surface area contributed by atoms with Gasteiger partial charge in [0.05, 0.1) is 17.1 Å². The van der Waals surface area contributed by atoms with Gasteiger partial charge in [-0.2, -0.15) is 0 Å². The van der Waals surface area contributed by atoms with Crippen molar-refractivity contribution in [3.05, 3.63) is 34.7 Å². The van der Waals surface area contributed by atoms with Gasteiger partial charge in [0.1, 0.15) is 5.65 Å². The Balaban J connectivity index is 2.59. The van der Waals surface area contributed by atoms with Gasteiger partial charge in [-0.05, 0) is 19.1 Å². The second kappa shape index (κ2) is 3.55. The molecule has 78 valence electrons. The smallest absolute Gasteiger partial charge is 0.309 e. The molecule has 0 saturated heterocycles. The summed E-state index contributed by atoms with van der Waals surface area (Å²) in [6.07, 6.45) is 1.66. The maximum atomic E-state index is 10.6. The molecule has 0 unspecified atom stereocenters. The van der Waals surface area contributed by atoms with E-state index in [1.807, 2.05) is 6.92 Å². The highest BCUT2D eigenvalue weighted by Crippen LogP contribution is 2.16.